The van der Waals surface area contributed by atoms with Crippen molar-refractivity contribution in [2.75, 3.05) is 26.4 Å². The fourth-order valence-electron chi connectivity index (χ4n) is 4.25. The lowest BCUT2D eigenvalue weighted by Crippen LogP contribution is -2.04. The fourth-order valence-corrected chi connectivity index (χ4v) is 4.25. The molecule has 10 heteroatoms. The van der Waals surface area contributed by atoms with E-state index in [1.165, 1.54) is 36.4 Å². The number of ether oxygens (including phenoxy) is 4. The quantitative estimate of drug-likeness (QED) is 0.399. The van der Waals surface area contributed by atoms with Crippen LogP contribution in [0.2, 0.25) is 0 Å². The van der Waals surface area contributed by atoms with E-state index >= 15 is 0 Å². The third-order valence-corrected chi connectivity index (χ3v) is 6.07. The Morgan fingerprint density at radius 3 is 1.10 bits per heavy atom. The fraction of sp³-hybridized carbons (Fsp3) is 0.194. The van der Waals surface area contributed by atoms with Crippen LogP contribution < -0.4 is 0 Å². The molecule has 2 aliphatic heterocycles. The third-order valence-electron chi connectivity index (χ3n) is 6.07. The van der Waals surface area contributed by atoms with E-state index < -0.39 is 30.5 Å². The number of hydrogen-bond donors (Lipinski definition) is 3. The minimum absolute atomic E-state index is 0.00751. The Labute approximate surface area is 234 Å². The Hall–Kier alpha value is -4.97. The smallest absolute Gasteiger partial charge is 0.335 e. The van der Waals surface area contributed by atoms with Gasteiger partial charge in [0.2, 0.25) is 0 Å². The van der Waals surface area contributed by atoms with Crippen LogP contribution in [0.25, 0.3) is 0 Å². The van der Waals surface area contributed by atoms with Gasteiger partial charge in [0.15, 0.2) is 12.6 Å². The van der Waals surface area contributed by atoms with E-state index in [-0.39, 0.29) is 16.7 Å². The molecular formula is C31H22O10. The summed E-state index contributed by atoms with van der Waals surface area (Å²) in [6, 6.07) is 13.4. The lowest BCUT2D eigenvalue weighted by Gasteiger charge is -2.10. The van der Waals surface area contributed by atoms with Gasteiger partial charge >= 0.3 is 17.9 Å². The predicted octanol–water partition coefficient (Wildman–Crippen LogP) is 3.67. The summed E-state index contributed by atoms with van der Waals surface area (Å²) in [6.45, 7) is 1.55. The zero-order valence-electron chi connectivity index (χ0n) is 21.4. The van der Waals surface area contributed by atoms with Crippen LogP contribution in [0, 0.1) is 23.7 Å². The van der Waals surface area contributed by atoms with Gasteiger partial charge in [-0.1, -0.05) is 23.7 Å². The van der Waals surface area contributed by atoms with Crippen molar-refractivity contribution in [3.63, 3.8) is 0 Å². The van der Waals surface area contributed by atoms with Gasteiger partial charge in [0, 0.05) is 33.4 Å². The normalized spacial score (nSPS) is 15.0. The summed E-state index contributed by atoms with van der Waals surface area (Å²) in [5, 5.41) is 28.7. The molecule has 2 fully saturated rings. The zero-order valence-corrected chi connectivity index (χ0v) is 21.4. The highest BCUT2D eigenvalue weighted by molar-refractivity contribution is 5.90. The SMILES string of the molecule is O=C(O)c1cc(C#Cc2cc(C(=O)O)cc(C3OCCO3)c2)cc(C#Cc2cc(C(=O)O)cc(C3OCCO3)c2)c1. The van der Waals surface area contributed by atoms with E-state index in [9.17, 15) is 29.7 Å². The highest BCUT2D eigenvalue weighted by Crippen LogP contribution is 2.26. The predicted molar refractivity (Wildman–Crippen MR) is 141 cm³/mol. The highest BCUT2D eigenvalue weighted by atomic mass is 16.7. The summed E-state index contributed by atoms with van der Waals surface area (Å²) in [7, 11) is 0. The van der Waals surface area contributed by atoms with Crippen LogP contribution in [-0.4, -0.2) is 59.7 Å². The maximum atomic E-state index is 11.8. The summed E-state index contributed by atoms with van der Waals surface area (Å²) >= 11 is 0. The van der Waals surface area contributed by atoms with Gasteiger partial charge in [0.25, 0.3) is 0 Å². The number of benzene rings is 3. The molecule has 0 spiro atoms. The zero-order chi connectivity index (χ0) is 28.9. The first kappa shape index (κ1) is 27.6. The highest BCUT2D eigenvalue weighted by Gasteiger charge is 2.21. The van der Waals surface area contributed by atoms with Crippen molar-refractivity contribution in [1.82, 2.24) is 0 Å². The van der Waals surface area contributed by atoms with Crippen molar-refractivity contribution in [2.45, 2.75) is 12.6 Å². The van der Waals surface area contributed by atoms with Crippen LogP contribution in [0.3, 0.4) is 0 Å². The van der Waals surface area contributed by atoms with Gasteiger partial charge in [-0.15, -0.1) is 0 Å². The average molecular weight is 555 g/mol. The van der Waals surface area contributed by atoms with Gasteiger partial charge in [0.05, 0.1) is 43.1 Å². The van der Waals surface area contributed by atoms with Crippen molar-refractivity contribution in [2.24, 2.45) is 0 Å². The van der Waals surface area contributed by atoms with E-state index in [1.54, 1.807) is 18.2 Å². The standard InChI is InChI=1S/C31H22O10/c32-27(33)22-10-18(1-3-20-12-23(28(34)35)16-25(14-20)30-38-5-6-39-30)9-19(11-22)2-4-21-13-24(29(36)37)17-26(15-21)31-40-7-8-41-31/h9-17,30-31H,5-8H2,(H,32,33)(H,34,35)(H,36,37). The second-order valence-corrected chi connectivity index (χ2v) is 9.05. The molecule has 5 rings (SSSR count). The molecule has 0 amide bonds. The van der Waals surface area contributed by atoms with E-state index in [0.29, 0.717) is 59.8 Å². The van der Waals surface area contributed by atoms with Crippen molar-refractivity contribution in [3.8, 4) is 23.7 Å². The van der Waals surface area contributed by atoms with Gasteiger partial charge in [-0.25, -0.2) is 14.4 Å². The summed E-state index contributed by atoms with van der Waals surface area (Å²) in [5.41, 5.74) is 2.39. The lowest BCUT2D eigenvalue weighted by molar-refractivity contribution is -0.0443. The maximum absolute atomic E-state index is 11.8. The van der Waals surface area contributed by atoms with Crippen molar-refractivity contribution < 1.29 is 48.7 Å². The first-order valence-electron chi connectivity index (χ1n) is 12.4. The van der Waals surface area contributed by atoms with Gasteiger partial charge in [-0.2, -0.15) is 0 Å². The minimum atomic E-state index is -1.19. The number of carbonyl (C=O) groups is 3. The first-order chi connectivity index (χ1) is 19.7. The van der Waals surface area contributed by atoms with E-state index in [2.05, 4.69) is 23.7 Å². The topological polar surface area (TPSA) is 149 Å². The molecule has 3 aromatic rings. The van der Waals surface area contributed by atoms with Crippen LogP contribution in [0.5, 0.6) is 0 Å². The number of rotatable bonds is 5. The Balaban J connectivity index is 1.49. The second-order valence-electron chi connectivity index (χ2n) is 9.05. The molecular weight excluding hydrogens is 532 g/mol. The molecule has 3 N–H and O–H groups in total. The lowest BCUT2D eigenvalue weighted by atomic mass is 10.0. The molecule has 0 radical (unpaired) electrons. The number of aromatic carboxylic acids is 3. The van der Waals surface area contributed by atoms with Crippen LogP contribution in [0.15, 0.2) is 54.6 Å². The molecule has 206 valence electrons. The Bertz CT molecular complexity index is 1540. The summed E-state index contributed by atoms with van der Waals surface area (Å²) in [6.07, 6.45) is -1.39. The molecule has 3 aromatic carbocycles. The van der Waals surface area contributed by atoms with Crippen LogP contribution in [0.4, 0.5) is 0 Å². The largest absolute Gasteiger partial charge is 0.478 e. The maximum Gasteiger partial charge on any atom is 0.335 e. The third kappa shape index (κ3) is 6.79. The summed E-state index contributed by atoms with van der Waals surface area (Å²) < 4.78 is 21.9. The number of carboxylic acids is 3. The van der Waals surface area contributed by atoms with Crippen molar-refractivity contribution in [1.29, 1.82) is 0 Å². The molecule has 2 aliphatic rings. The molecule has 0 saturated carbocycles. The van der Waals surface area contributed by atoms with Crippen LogP contribution in [-0.2, 0) is 18.9 Å². The van der Waals surface area contributed by atoms with Crippen LogP contribution in [0.1, 0.15) is 77.0 Å². The molecule has 0 aromatic heterocycles. The molecule has 0 bridgehead atoms. The monoisotopic (exact) mass is 554 g/mol. The Morgan fingerprint density at radius 1 is 0.488 bits per heavy atom. The van der Waals surface area contributed by atoms with E-state index in [4.69, 9.17) is 18.9 Å². The van der Waals surface area contributed by atoms with Crippen molar-refractivity contribution >= 4 is 17.9 Å². The van der Waals surface area contributed by atoms with Gasteiger partial charge in [-0.05, 0) is 54.6 Å². The van der Waals surface area contributed by atoms with Gasteiger partial charge in [0.1, 0.15) is 0 Å². The number of hydrogen-bond acceptors (Lipinski definition) is 7. The molecule has 0 unspecified atom stereocenters. The van der Waals surface area contributed by atoms with Crippen LogP contribution >= 0.6 is 0 Å². The first-order valence-corrected chi connectivity index (χ1v) is 12.4. The molecule has 2 saturated heterocycles. The van der Waals surface area contributed by atoms with E-state index in [1.807, 2.05) is 0 Å². The second kappa shape index (κ2) is 12.0. The molecule has 2 heterocycles. The molecule has 0 atom stereocenters. The molecule has 0 aliphatic carbocycles. The Morgan fingerprint density at radius 2 is 0.780 bits per heavy atom. The van der Waals surface area contributed by atoms with E-state index in [0.717, 1.165) is 0 Å². The molecule has 41 heavy (non-hydrogen) atoms. The Kier molecular flexibility index (Phi) is 8.11. The van der Waals surface area contributed by atoms with Gasteiger partial charge in [-0.3, -0.25) is 0 Å². The van der Waals surface area contributed by atoms with Gasteiger partial charge < -0.3 is 34.3 Å². The molecule has 10 nitrogen and oxygen atoms in total. The average Bonchev–Trinajstić information content (AvgIpc) is 3.70. The minimum Gasteiger partial charge on any atom is -0.478 e. The van der Waals surface area contributed by atoms with Crippen molar-refractivity contribution in [3.05, 3.63) is 105 Å². The number of carboxylic acid groups (broad SMARTS) is 3. The summed E-state index contributed by atoms with van der Waals surface area (Å²) in [4.78, 5) is 35.1. The summed E-state index contributed by atoms with van der Waals surface area (Å²) in [5.74, 6) is 8.07.